The third-order valence-electron chi connectivity index (χ3n) is 3.37. The Morgan fingerprint density at radius 3 is 2.68 bits per heavy atom. The predicted molar refractivity (Wildman–Crippen MR) is 79.5 cm³/mol. The molecule has 0 bridgehead atoms. The Hall–Kier alpha value is -1.51. The molecule has 0 fully saturated rings. The molecule has 1 rings (SSSR count). The molecular weight excluding hydrogens is 238 g/mol. The molecule has 3 heteroatoms. The standard InChI is InChI=1S/C16H25NO2/c1-5-14(4)16(18)19-11-10-17(6-2)15-9-7-8-13(3)12-15/h7-9,12,14H,5-6,10-11H2,1-4H3. The van der Waals surface area contributed by atoms with Gasteiger partial charge in [0.1, 0.15) is 6.61 Å². The molecule has 1 aromatic rings. The first-order chi connectivity index (χ1) is 9.08. The zero-order valence-electron chi connectivity index (χ0n) is 12.5. The van der Waals surface area contributed by atoms with Crippen LogP contribution in [0.2, 0.25) is 0 Å². The van der Waals surface area contributed by atoms with Crippen molar-refractivity contribution in [3.05, 3.63) is 29.8 Å². The molecule has 0 saturated carbocycles. The molecule has 0 amide bonds. The second-order valence-electron chi connectivity index (χ2n) is 4.90. The first kappa shape index (κ1) is 15.5. The summed E-state index contributed by atoms with van der Waals surface area (Å²) in [4.78, 5) is 13.8. The van der Waals surface area contributed by atoms with Crippen molar-refractivity contribution in [1.82, 2.24) is 0 Å². The Morgan fingerprint density at radius 2 is 2.11 bits per heavy atom. The molecule has 0 aliphatic heterocycles. The number of carbonyl (C=O) groups excluding carboxylic acids is 1. The first-order valence-electron chi connectivity index (χ1n) is 7.06. The van der Waals surface area contributed by atoms with E-state index < -0.39 is 0 Å². The minimum Gasteiger partial charge on any atom is -0.464 e. The number of ether oxygens (including phenoxy) is 1. The Bertz CT molecular complexity index is 403. The topological polar surface area (TPSA) is 29.5 Å². The van der Waals surface area contributed by atoms with Crippen molar-refractivity contribution in [2.75, 3.05) is 24.6 Å². The summed E-state index contributed by atoms with van der Waals surface area (Å²) < 4.78 is 5.30. The summed E-state index contributed by atoms with van der Waals surface area (Å²) in [5.74, 6) is -0.100. The van der Waals surface area contributed by atoms with Crippen LogP contribution in [-0.4, -0.2) is 25.7 Å². The zero-order valence-corrected chi connectivity index (χ0v) is 12.5. The van der Waals surface area contributed by atoms with Crippen LogP contribution in [0.25, 0.3) is 0 Å². The fourth-order valence-electron chi connectivity index (χ4n) is 1.86. The molecule has 19 heavy (non-hydrogen) atoms. The van der Waals surface area contributed by atoms with Crippen molar-refractivity contribution in [3.8, 4) is 0 Å². The maximum Gasteiger partial charge on any atom is 0.308 e. The maximum atomic E-state index is 11.6. The van der Waals surface area contributed by atoms with Gasteiger partial charge in [-0.25, -0.2) is 0 Å². The van der Waals surface area contributed by atoms with E-state index in [0.717, 1.165) is 19.5 Å². The summed E-state index contributed by atoms with van der Waals surface area (Å²) in [5, 5.41) is 0. The van der Waals surface area contributed by atoms with E-state index in [-0.39, 0.29) is 11.9 Å². The van der Waals surface area contributed by atoms with Crippen LogP contribution in [0.15, 0.2) is 24.3 Å². The highest BCUT2D eigenvalue weighted by Gasteiger charge is 2.12. The van der Waals surface area contributed by atoms with Crippen LogP contribution in [0.4, 0.5) is 5.69 Å². The molecular formula is C16H25NO2. The van der Waals surface area contributed by atoms with Gasteiger partial charge < -0.3 is 9.64 Å². The van der Waals surface area contributed by atoms with Gasteiger partial charge in [0.15, 0.2) is 0 Å². The normalized spacial score (nSPS) is 12.0. The summed E-state index contributed by atoms with van der Waals surface area (Å²) >= 11 is 0. The summed E-state index contributed by atoms with van der Waals surface area (Å²) in [5.41, 5.74) is 2.43. The number of hydrogen-bond donors (Lipinski definition) is 0. The van der Waals surface area contributed by atoms with Crippen molar-refractivity contribution in [2.24, 2.45) is 5.92 Å². The highest BCUT2D eigenvalue weighted by atomic mass is 16.5. The molecule has 0 radical (unpaired) electrons. The number of rotatable bonds is 7. The van der Waals surface area contributed by atoms with Gasteiger partial charge in [-0.05, 0) is 38.0 Å². The van der Waals surface area contributed by atoms with E-state index in [9.17, 15) is 4.79 Å². The number of benzene rings is 1. The van der Waals surface area contributed by atoms with Gasteiger partial charge in [-0.1, -0.05) is 26.0 Å². The molecule has 0 aromatic heterocycles. The van der Waals surface area contributed by atoms with Gasteiger partial charge in [0.05, 0.1) is 12.5 Å². The van der Waals surface area contributed by atoms with Crippen LogP contribution in [0.5, 0.6) is 0 Å². The Morgan fingerprint density at radius 1 is 1.37 bits per heavy atom. The highest BCUT2D eigenvalue weighted by molar-refractivity contribution is 5.71. The van der Waals surface area contributed by atoms with Crippen LogP contribution in [0.1, 0.15) is 32.8 Å². The maximum absolute atomic E-state index is 11.6. The van der Waals surface area contributed by atoms with E-state index in [2.05, 4.69) is 43.0 Å². The summed E-state index contributed by atoms with van der Waals surface area (Å²) in [6.45, 7) is 10.2. The quantitative estimate of drug-likeness (QED) is 0.706. The van der Waals surface area contributed by atoms with Crippen LogP contribution >= 0.6 is 0 Å². The van der Waals surface area contributed by atoms with E-state index in [1.165, 1.54) is 11.3 Å². The largest absolute Gasteiger partial charge is 0.464 e. The summed E-state index contributed by atoms with van der Waals surface area (Å²) in [6.07, 6.45) is 0.828. The third kappa shape index (κ3) is 4.93. The molecule has 1 unspecified atom stereocenters. The number of likely N-dealkylation sites (N-methyl/N-ethyl adjacent to an activating group) is 1. The minimum absolute atomic E-state index is 0.00551. The predicted octanol–water partition coefficient (Wildman–Crippen LogP) is 3.41. The minimum atomic E-state index is -0.0946. The van der Waals surface area contributed by atoms with Crippen LogP contribution in [0.3, 0.4) is 0 Å². The van der Waals surface area contributed by atoms with Crippen LogP contribution in [-0.2, 0) is 9.53 Å². The van der Waals surface area contributed by atoms with E-state index in [4.69, 9.17) is 4.74 Å². The van der Waals surface area contributed by atoms with Crippen molar-refractivity contribution in [3.63, 3.8) is 0 Å². The van der Waals surface area contributed by atoms with Gasteiger partial charge in [0.25, 0.3) is 0 Å². The fraction of sp³-hybridized carbons (Fsp3) is 0.562. The van der Waals surface area contributed by atoms with Crippen molar-refractivity contribution in [1.29, 1.82) is 0 Å². The van der Waals surface area contributed by atoms with Crippen LogP contribution < -0.4 is 4.90 Å². The molecule has 106 valence electrons. The highest BCUT2D eigenvalue weighted by Crippen LogP contribution is 2.15. The smallest absolute Gasteiger partial charge is 0.308 e. The van der Waals surface area contributed by atoms with Gasteiger partial charge in [-0.2, -0.15) is 0 Å². The second-order valence-corrected chi connectivity index (χ2v) is 4.90. The molecule has 0 aliphatic rings. The van der Waals surface area contributed by atoms with Crippen LogP contribution in [0, 0.1) is 12.8 Å². The molecule has 0 N–H and O–H groups in total. The number of carbonyl (C=O) groups is 1. The zero-order chi connectivity index (χ0) is 14.3. The average Bonchev–Trinajstić information content (AvgIpc) is 2.42. The lowest BCUT2D eigenvalue weighted by Crippen LogP contribution is -2.28. The van der Waals surface area contributed by atoms with E-state index in [1.54, 1.807) is 0 Å². The van der Waals surface area contributed by atoms with Gasteiger partial charge in [0.2, 0.25) is 0 Å². The van der Waals surface area contributed by atoms with E-state index in [0.29, 0.717) is 6.61 Å². The van der Waals surface area contributed by atoms with Gasteiger partial charge in [-0.15, -0.1) is 0 Å². The average molecular weight is 263 g/mol. The molecule has 0 aliphatic carbocycles. The molecule has 3 nitrogen and oxygen atoms in total. The monoisotopic (exact) mass is 263 g/mol. The summed E-state index contributed by atoms with van der Waals surface area (Å²) in [6, 6.07) is 8.38. The number of anilines is 1. The Labute approximate surface area is 116 Å². The molecule has 1 aromatic carbocycles. The number of nitrogens with zero attached hydrogens (tertiary/aromatic N) is 1. The second kappa shape index (κ2) is 7.82. The summed E-state index contributed by atoms with van der Waals surface area (Å²) in [7, 11) is 0. The first-order valence-corrected chi connectivity index (χ1v) is 7.06. The molecule has 0 heterocycles. The fourth-order valence-corrected chi connectivity index (χ4v) is 1.86. The lowest BCUT2D eigenvalue weighted by molar-refractivity contribution is -0.147. The van der Waals surface area contributed by atoms with Crippen molar-refractivity contribution in [2.45, 2.75) is 34.1 Å². The molecule has 0 saturated heterocycles. The van der Waals surface area contributed by atoms with Gasteiger partial charge >= 0.3 is 5.97 Å². The Kier molecular flexibility index (Phi) is 6.40. The lowest BCUT2D eigenvalue weighted by Gasteiger charge is -2.23. The van der Waals surface area contributed by atoms with E-state index >= 15 is 0 Å². The lowest BCUT2D eigenvalue weighted by atomic mass is 10.1. The van der Waals surface area contributed by atoms with E-state index in [1.807, 2.05) is 13.8 Å². The van der Waals surface area contributed by atoms with Gasteiger partial charge in [0, 0.05) is 12.2 Å². The number of hydrogen-bond acceptors (Lipinski definition) is 3. The number of esters is 1. The SMILES string of the molecule is CCC(C)C(=O)OCCN(CC)c1cccc(C)c1. The molecule has 1 atom stereocenters. The number of aryl methyl sites for hydroxylation is 1. The third-order valence-corrected chi connectivity index (χ3v) is 3.37. The van der Waals surface area contributed by atoms with Gasteiger partial charge in [-0.3, -0.25) is 4.79 Å². The van der Waals surface area contributed by atoms with Crippen molar-refractivity contribution >= 4 is 11.7 Å². The molecule has 0 spiro atoms. The van der Waals surface area contributed by atoms with Crippen molar-refractivity contribution < 1.29 is 9.53 Å². The Balaban J connectivity index is 2.48.